The number of nitrogens with zero attached hydrogens (tertiary/aromatic N) is 1. The van der Waals surface area contributed by atoms with E-state index in [0.29, 0.717) is 19.1 Å². The van der Waals surface area contributed by atoms with Gasteiger partial charge in [0.15, 0.2) is 0 Å². The van der Waals surface area contributed by atoms with E-state index in [0.717, 1.165) is 13.2 Å². The summed E-state index contributed by atoms with van der Waals surface area (Å²) in [6.07, 6.45) is 0.846. The summed E-state index contributed by atoms with van der Waals surface area (Å²) in [4.78, 5) is 13.1. The third-order valence-corrected chi connectivity index (χ3v) is 3.74. The zero-order chi connectivity index (χ0) is 13.7. The van der Waals surface area contributed by atoms with Crippen LogP contribution in [0, 0.1) is 0 Å². The Morgan fingerprint density at radius 2 is 2.21 bits per heavy atom. The van der Waals surface area contributed by atoms with Gasteiger partial charge in [-0.2, -0.15) is 0 Å². The van der Waals surface area contributed by atoms with Crippen molar-refractivity contribution < 1.29 is 14.6 Å². The van der Waals surface area contributed by atoms with Gasteiger partial charge < -0.3 is 9.84 Å². The number of rotatable bonds is 5. The molecular formula is C15H21NO3. The molecule has 0 spiro atoms. The number of carbonyl (C=O) groups is 1. The van der Waals surface area contributed by atoms with Gasteiger partial charge in [0.05, 0.1) is 13.2 Å². The Kier molecular flexibility index (Phi) is 4.93. The minimum absolute atomic E-state index is 0.194. The topological polar surface area (TPSA) is 49.8 Å². The Labute approximate surface area is 114 Å². The summed E-state index contributed by atoms with van der Waals surface area (Å²) in [6, 6.07) is 10.8. The van der Waals surface area contributed by atoms with Gasteiger partial charge in [-0.3, -0.25) is 9.69 Å². The number of hydrogen-bond donors (Lipinski definition) is 1. The molecule has 1 fully saturated rings. The highest BCUT2D eigenvalue weighted by Crippen LogP contribution is 2.26. The Bertz CT molecular complexity index is 407. The van der Waals surface area contributed by atoms with Crippen LogP contribution < -0.4 is 0 Å². The first-order valence-corrected chi connectivity index (χ1v) is 6.78. The highest BCUT2D eigenvalue weighted by molar-refractivity contribution is 5.66. The average Bonchev–Trinajstić information content (AvgIpc) is 2.45. The van der Waals surface area contributed by atoms with Crippen LogP contribution in [-0.2, 0) is 9.53 Å². The zero-order valence-corrected chi connectivity index (χ0v) is 11.3. The van der Waals surface area contributed by atoms with Crippen molar-refractivity contribution in [1.29, 1.82) is 0 Å². The summed E-state index contributed by atoms with van der Waals surface area (Å²) in [7, 11) is 0. The molecule has 104 valence electrons. The second-order valence-corrected chi connectivity index (χ2v) is 4.99. The second-order valence-electron chi connectivity index (χ2n) is 4.99. The van der Waals surface area contributed by atoms with Gasteiger partial charge in [0.2, 0.25) is 0 Å². The monoisotopic (exact) mass is 263 g/mol. The molecule has 1 heterocycles. The van der Waals surface area contributed by atoms with Crippen LogP contribution in [0.15, 0.2) is 30.3 Å². The van der Waals surface area contributed by atoms with Crippen LogP contribution >= 0.6 is 0 Å². The van der Waals surface area contributed by atoms with Crippen molar-refractivity contribution in [3.8, 4) is 0 Å². The zero-order valence-electron chi connectivity index (χ0n) is 11.3. The maximum Gasteiger partial charge on any atom is 0.303 e. The summed E-state index contributed by atoms with van der Waals surface area (Å²) in [6.45, 7) is 4.39. The molecule has 0 bridgehead atoms. The first kappa shape index (κ1) is 14.0. The first-order valence-electron chi connectivity index (χ1n) is 6.78. The van der Waals surface area contributed by atoms with Crippen molar-refractivity contribution >= 4 is 5.97 Å². The number of aliphatic carboxylic acids is 1. The lowest BCUT2D eigenvalue weighted by molar-refractivity contribution is -0.137. The average molecular weight is 263 g/mol. The number of ether oxygens (including phenoxy) is 1. The minimum Gasteiger partial charge on any atom is -0.481 e. The molecule has 2 rings (SSSR count). The number of carboxylic acid groups (broad SMARTS) is 1. The highest BCUT2D eigenvalue weighted by atomic mass is 16.5. The predicted octanol–water partition coefficient (Wildman–Crippen LogP) is 2.31. The molecule has 0 aliphatic carbocycles. The number of morpholine rings is 1. The Hall–Kier alpha value is -1.39. The van der Waals surface area contributed by atoms with E-state index in [1.807, 2.05) is 18.2 Å². The van der Waals surface area contributed by atoms with Crippen LogP contribution in [0.5, 0.6) is 0 Å². The van der Waals surface area contributed by atoms with E-state index in [1.54, 1.807) is 0 Å². The fourth-order valence-electron chi connectivity index (χ4n) is 2.64. The van der Waals surface area contributed by atoms with Crippen LogP contribution in [-0.4, -0.2) is 41.8 Å². The molecule has 0 amide bonds. The van der Waals surface area contributed by atoms with Crippen molar-refractivity contribution in [2.24, 2.45) is 0 Å². The summed E-state index contributed by atoms with van der Waals surface area (Å²) in [5.74, 6) is -0.738. The maximum absolute atomic E-state index is 10.7. The Balaban J connectivity index is 2.04. The van der Waals surface area contributed by atoms with Gasteiger partial charge in [-0.25, -0.2) is 0 Å². The fraction of sp³-hybridized carbons (Fsp3) is 0.533. The van der Waals surface area contributed by atoms with Crippen molar-refractivity contribution in [2.45, 2.75) is 31.8 Å². The molecule has 1 N–H and O–H groups in total. The Morgan fingerprint density at radius 3 is 2.89 bits per heavy atom. The van der Waals surface area contributed by atoms with Gasteiger partial charge in [0.1, 0.15) is 0 Å². The molecule has 4 nitrogen and oxygen atoms in total. The molecule has 2 atom stereocenters. The van der Waals surface area contributed by atoms with Gasteiger partial charge in [0.25, 0.3) is 0 Å². The van der Waals surface area contributed by atoms with Crippen LogP contribution in [0.2, 0.25) is 0 Å². The molecule has 0 saturated carbocycles. The molecule has 1 aliphatic heterocycles. The van der Waals surface area contributed by atoms with Crippen molar-refractivity contribution in [3.05, 3.63) is 35.9 Å². The van der Waals surface area contributed by atoms with Gasteiger partial charge in [0, 0.05) is 25.0 Å². The maximum atomic E-state index is 10.7. The summed E-state index contributed by atoms with van der Waals surface area (Å²) >= 11 is 0. The van der Waals surface area contributed by atoms with Crippen LogP contribution in [0.1, 0.15) is 31.4 Å². The molecule has 1 aliphatic rings. The fourth-order valence-corrected chi connectivity index (χ4v) is 2.64. The molecular weight excluding hydrogens is 242 g/mol. The molecule has 1 aromatic rings. The lowest BCUT2D eigenvalue weighted by atomic mass is 10.0. The van der Waals surface area contributed by atoms with E-state index < -0.39 is 5.97 Å². The number of hydrogen-bond acceptors (Lipinski definition) is 3. The molecule has 2 unspecified atom stereocenters. The largest absolute Gasteiger partial charge is 0.481 e. The van der Waals surface area contributed by atoms with E-state index >= 15 is 0 Å². The lowest BCUT2D eigenvalue weighted by Crippen LogP contribution is -2.46. The molecule has 0 radical (unpaired) electrons. The Morgan fingerprint density at radius 1 is 1.47 bits per heavy atom. The lowest BCUT2D eigenvalue weighted by Gasteiger charge is -2.39. The normalized spacial score (nSPS) is 22.1. The van der Waals surface area contributed by atoms with E-state index in [9.17, 15) is 4.79 Å². The van der Waals surface area contributed by atoms with E-state index in [-0.39, 0.29) is 12.5 Å². The number of benzene rings is 1. The van der Waals surface area contributed by atoms with E-state index in [2.05, 4.69) is 24.0 Å². The van der Waals surface area contributed by atoms with Gasteiger partial charge in [-0.15, -0.1) is 0 Å². The molecule has 0 aromatic heterocycles. The van der Waals surface area contributed by atoms with Crippen LogP contribution in [0.25, 0.3) is 0 Å². The first-order chi connectivity index (χ1) is 9.18. The van der Waals surface area contributed by atoms with Gasteiger partial charge in [-0.1, -0.05) is 30.3 Å². The number of carboxylic acids is 1. The minimum atomic E-state index is -0.738. The van der Waals surface area contributed by atoms with Crippen molar-refractivity contribution in [2.75, 3.05) is 19.8 Å². The van der Waals surface area contributed by atoms with Gasteiger partial charge >= 0.3 is 5.97 Å². The predicted molar refractivity (Wildman–Crippen MR) is 73.0 cm³/mol. The third kappa shape index (κ3) is 3.78. The molecule has 1 aromatic carbocycles. The van der Waals surface area contributed by atoms with Crippen molar-refractivity contribution in [1.82, 2.24) is 4.90 Å². The van der Waals surface area contributed by atoms with Crippen molar-refractivity contribution in [3.63, 3.8) is 0 Å². The summed E-state index contributed by atoms with van der Waals surface area (Å²) in [5.41, 5.74) is 1.27. The summed E-state index contributed by atoms with van der Waals surface area (Å²) in [5, 5.41) is 8.83. The smallest absolute Gasteiger partial charge is 0.303 e. The second kappa shape index (κ2) is 6.68. The molecule has 1 saturated heterocycles. The van der Waals surface area contributed by atoms with Crippen LogP contribution in [0.3, 0.4) is 0 Å². The quantitative estimate of drug-likeness (QED) is 0.885. The molecule has 19 heavy (non-hydrogen) atoms. The van der Waals surface area contributed by atoms with Crippen LogP contribution in [0.4, 0.5) is 0 Å². The highest BCUT2D eigenvalue weighted by Gasteiger charge is 2.28. The summed E-state index contributed by atoms with van der Waals surface area (Å²) < 4.78 is 5.50. The van der Waals surface area contributed by atoms with Gasteiger partial charge in [-0.05, 0) is 18.9 Å². The molecule has 4 heteroatoms. The van der Waals surface area contributed by atoms with E-state index in [1.165, 1.54) is 5.56 Å². The third-order valence-electron chi connectivity index (χ3n) is 3.74. The SMILES string of the molecule is CC(c1ccccc1)N1CCOCC1CCC(=O)O. The van der Waals surface area contributed by atoms with E-state index in [4.69, 9.17) is 9.84 Å². The standard InChI is InChI=1S/C15H21NO3/c1-12(13-5-3-2-4-6-13)16-9-10-19-11-14(16)7-8-15(17)18/h2-6,12,14H,7-11H2,1H3,(H,17,18).